The number of rotatable bonds is 4. The number of aromatic nitrogens is 2. The Morgan fingerprint density at radius 1 is 1.42 bits per heavy atom. The van der Waals surface area contributed by atoms with Crippen molar-refractivity contribution in [2.24, 2.45) is 7.05 Å². The van der Waals surface area contributed by atoms with Crippen molar-refractivity contribution in [1.82, 2.24) is 9.78 Å². The molecule has 0 saturated heterocycles. The van der Waals surface area contributed by atoms with Crippen LogP contribution in [0.5, 0.6) is 0 Å². The van der Waals surface area contributed by atoms with Gasteiger partial charge in [-0.2, -0.15) is 5.10 Å². The molecule has 19 heavy (non-hydrogen) atoms. The lowest BCUT2D eigenvalue weighted by Gasteiger charge is -2.07. The van der Waals surface area contributed by atoms with Crippen LogP contribution in [-0.4, -0.2) is 23.3 Å². The summed E-state index contributed by atoms with van der Waals surface area (Å²) in [5.41, 5.74) is 0.471. The molecule has 0 amide bonds. The van der Waals surface area contributed by atoms with Crippen LogP contribution < -0.4 is 4.72 Å². The monoisotopic (exact) mass is 301 g/mol. The highest BCUT2D eigenvalue weighted by molar-refractivity contribution is 7.92. The number of sulfonamides is 1. The molecule has 8 heteroatoms. The van der Waals surface area contributed by atoms with E-state index in [4.69, 9.17) is 16.7 Å². The van der Waals surface area contributed by atoms with Gasteiger partial charge < -0.3 is 5.11 Å². The first-order valence-electron chi connectivity index (χ1n) is 5.34. The molecule has 1 aromatic heterocycles. The Morgan fingerprint density at radius 3 is 2.68 bits per heavy atom. The molecule has 0 aliphatic rings. The smallest absolute Gasteiger partial charge is 0.263 e. The zero-order chi connectivity index (χ0) is 14.0. The van der Waals surface area contributed by atoms with Crippen LogP contribution in [0, 0.1) is 0 Å². The summed E-state index contributed by atoms with van der Waals surface area (Å²) in [6, 6.07) is 5.68. The molecule has 0 bridgehead atoms. The van der Waals surface area contributed by atoms with Crippen molar-refractivity contribution in [3.8, 4) is 0 Å². The predicted molar refractivity (Wildman–Crippen MR) is 71.4 cm³/mol. The van der Waals surface area contributed by atoms with Gasteiger partial charge in [0.1, 0.15) is 0 Å². The molecule has 0 fully saturated rings. The summed E-state index contributed by atoms with van der Waals surface area (Å²) in [7, 11) is -2.05. The highest BCUT2D eigenvalue weighted by atomic mass is 35.5. The minimum absolute atomic E-state index is 0.0142. The quantitative estimate of drug-likeness (QED) is 0.893. The van der Waals surface area contributed by atoms with E-state index in [1.165, 1.54) is 22.9 Å². The van der Waals surface area contributed by atoms with Crippen molar-refractivity contribution >= 4 is 27.4 Å². The van der Waals surface area contributed by atoms with Crippen LogP contribution in [0.1, 0.15) is 5.56 Å². The van der Waals surface area contributed by atoms with E-state index in [1.54, 1.807) is 19.3 Å². The zero-order valence-electron chi connectivity index (χ0n) is 10.0. The van der Waals surface area contributed by atoms with E-state index in [0.29, 0.717) is 5.56 Å². The summed E-state index contributed by atoms with van der Waals surface area (Å²) in [5.74, 6) is 0.227. The number of halogens is 1. The Bertz CT molecular complexity index is 697. The van der Waals surface area contributed by atoms with Gasteiger partial charge in [-0.25, -0.2) is 8.42 Å². The maximum Gasteiger partial charge on any atom is 0.263 e. The van der Waals surface area contributed by atoms with Crippen molar-refractivity contribution < 1.29 is 13.5 Å². The number of nitrogens with zero attached hydrogens (tertiary/aromatic N) is 2. The van der Waals surface area contributed by atoms with Crippen molar-refractivity contribution in [2.75, 3.05) is 4.72 Å². The third-order valence-corrected chi connectivity index (χ3v) is 4.16. The molecule has 0 spiro atoms. The van der Waals surface area contributed by atoms with E-state index in [9.17, 15) is 8.42 Å². The summed E-state index contributed by atoms with van der Waals surface area (Å²) >= 11 is 5.87. The molecule has 0 aliphatic carbocycles. The van der Waals surface area contributed by atoms with E-state index in [1.807, 2.05) is 0 Å². The van der Waals surface area contributed by atoms with Crippen LogP contribution in [0.4, 0.5) is 5.82 Å². The fourth-order valence-electron chi connectivity index (χ4n) is 1.49. The standard InChI is InChI=1S/C11H12ClN3O3S/c1-15-5-4-11(13-15)14-19(17,18)9-3-2-8(7-16)10(12)6-9/h2-6,16H,7H2,1H3,(H,13,14). The van der Waals surface area contributed by atoms with Crippen molar-refractivity contribution in [3.05, 3.63) is 41.0 Å². The highest BCUT2D eigenvalue weighted by Gasteiger charge is 2.16. The van der Waals surface area contributed by atoms with Crippen molar-refractivity contribution in [2.45, 2.75) is 11.5 Å². The number of aryl methyl sites for hydroxylation is 1. The fourth-order valence-corrected chi connectivity index (χ4v) is 2.82. The van der Waals surface area contributed by atoms with E-state index < -0.39 is 10.0 Å². The highest BCUT2D eigenvalue weighted by Crippen LogP contribution is 2.22. The summed E-state index contributed by atoms with van der Waals surface area (Å²) in [6.07, 6.45) is 1.62. The maximum absolute atomic E-state index is 12.1. The number of nitrogens with one attached hydrogen (secondary N) is 1. The van der Waals surface area contributed by atoms with Gasteiger partial charge in [0.25, 0.3) is 10.0 Å². The first-order chi connectivity index (χ1) is 8.92. The van der Waals surface area contributed by atoms with Crippen LogP contribution in [-0.2, 0) is 23.7 Å². The molecular formula is C11H12ClN3O3S. The van der Waals surface area contributed by atoms with Gasteiger partial charge >= 0.3 is 0 Å². The maximum atomic E-state index is 12.1. The van der Waals surface area contributed by atoms with Crippen molar-refractivity contribution in [3.63, 3.8) is 0 Å². The van der Waals surface area contributed by atoms with Crippen LogP contribution in [0.3, 0.4) is 0 Å². The summed E-state index contributed by atoms with van der Waals surface area (Å²) in [6.45, 7) is -0.243. The fraction of sp³-hybridized carbons (Fsp3) is 0.182. The summed E-state index contributed by atoms with van der Waals surface area (Å²) < 4.78 is 28.0. The molecule has 0 radical (unpaired) electrons. The normalized spacial score (nSPS) is 11.5. The number of hydrogen-bond acceptors (Lipinski definition) is 4. The van der Waals surface area contributed by atoms with E-state index >= 15 is 0 Å². The molecule has 6 nitrogen and oxygen atoms in total. The zero-order valence-corrected chi connectivity index (χ0v) is 11.6. The first kappa shape index (κ1) is 13.9. The number of anilines is 1. The predicted octanol–water partition coefficient (Wildman–Crippen LogP) is 1.37. The number of aliphatic hydroxyl groups is 1. The molecule has 0 saturated carbocycles. The Kier molecular flexibility index (Phi) is 3.79. The summed E-state index contributed by atoms with van der Waals surface area (Å²) in [5, 5.41) is 13.1. The molecule has 2 N–H and O–H groups in total. The summed E-state index contributed by atoms with van der Waals surface area (Å²) in [4.78, 5) is 0.0142. The topological polar surface area (TPSA) is 84.2 Å². The third-order valence-electron chi connectivity index (χ3n) is 2.46. The minimum atomic E-state index is -3.74. The Hall–Kier alpha value is -1.57. The van der Waals surface area contributed by atoms with E-state index in [0.717, 1.165) is 0 Å². The Morgan fingerprint density at radius 2 is 2.16 bits per heavy atom. The lowest BCUT2D eigenvalue weighted by atomic mass is 10.2. The van der Waals surface area contributed by atoms with Gasteiger partial charge in [-0.15, -0.1) is 0 Å². The van der Waals surface area contributed by atoms with Crippen LogP contribution >= 0.6 is 11.6 Å². The average Bonchev–Trinajstić information content (AvgIpc) is 2.73. The van der Waals surface area contributed by atoms with Gasteiger partial charge in [-0.1, -0.05) is 17.7 Å². The first-order valence-corrected chi connectivity index (χ1v) is 7.20. The second kappa shape index (κ2) is 5.20. The molecule has 1 heterocycles. The van der Waals surface area contributed by atoms with E-state index in [2.05, 4.69) is 9.82 Å². The molecular weight excluding hydrogens is 290 g/mol. The van der Waals surface area contributed by atoms with Gasteiger partial charge in [0.05, 0.1) is 11.5 Å². The second-order valence-electron chi connectivity index (χ2n) is 3.89. The SMILES string of the molecule is Cn1ccc(NS(=O)(=O)c2ccc(CO)c(Cl)c2)n1. The van der Waals surface area contributed by atoms with Gasteiger partial charge in [0, 0.05) is 24.3 Å². The number of hydrogen-bond donors (Lipinski definition) is 2. The number of benzene rings is 1. The molecule has 1 aromatic carbocycles. The van der Waals surface area contributed by atoms with Crippen LogP contribution in [0.25, 0.3) is 0 Å². The molecule has 102 valence electrons. The Balaban J connectivity index is 2.31. The Labute approximate surface area is 115 Å². The van der Waals surface area contributed by atoms with Gasteiger partial charge in [-0.3, -0.25) is 9.40 Å². The third kappa shape index (κ3) is 3.06. The molecule has 0 aliphatic heterocycles. The lowest BCUT2D eigenvalue weighted by molar-refractivity contribution is 0.282. The minimum Gasteiger partial charge on any atom is -0.392 e. The van der Waals surface area contributed by atoms with Crippen molar-refractivity contribution in [1.29, 1.82) is 0 Å². The second-order valence-corrected chi connectivity index (χ2v) is 5.98. The van der Waals surface area contributed by atoms with E-state index in [-0.39, 0.29) is 22.3 Å². The largest absolute Gasteiger partial charge is 0.392 e. The van der Waals surface area contributed by atoms with Gasteiger partial charge in [0.15, 0.2) is 5.82 Å². The van der Waals surface area contributed by atoms with Gasteiger partial charge in [0.2, 0.25) is 0 Å². The average molecular weight is 302 g/mol. The molecule has 2 rings (SSSR count). The lowest BCUT2D eigenvalue weighted by Crippen LogP contribution is -2.13. The van der Waals surface area contributed by atoms with Crippen LogP contribution in [0.15, 0.2) is 35.4 Å². The molecule has 2 aromatic rings. The molecule has 0 unspecified atom stereocenters. The number of aliphatic hydroxyl groups excluding tert-OH is 1. The molecule has 0 atom stereocenters. The van der Waals surface area contributed by atoms with Gasteiger partial charge in [-0.05, 0) is 17.7 Å². The van der Waals surface area contributed by atoms with Crippen LogP contribution in [0.2, 0.25) is 5.02 Å².